The number of ether oxygens (including phenoxy) is 2. The molecule has 5 heteroatoms. The molecule has 0 saturated carbocycles. The maximum absolute atomic E-state index is 11.1. The van der Waals surface area contributed by atoms with Crippen LogP contribution in [0.5, 0.6) is 11.5 Å². The van der Waals surface area contributed by atoms with E-state index in [9.17, 15) is 4.79 Å². The SMILES string of the molecule is COc1cc(CNC2CCC(=O)NC2)cc(OC)c1. The van der Waals surface area contributed by atoms with Gasteiger partial charge in [-0.1, -0.05) is 0 Å². The van der Waals surface area contributed by atoms with Crippen molar-refractivity contribution in [1.29, 1.82) is 0 Å². The largest absolute Gasteiger partial charge is 0.497 e. The number of methoxy groups -OCH3 is 2. The van der Waals surface area contributed by atoms with Crippen molar-refractivity contribution in [3.05, 3.63) is 23.8 Å². The lowest BCUT2D eigenvalue weighted by Gasteiger charge is -2.23. The molecule has 2 N–H and O–H groups in total. The Kier molecular flexibility index (Phi) is 4.63. The summed E-state index contributed by atoms with van der Waals surface area (Å²) in [5.41, 5.74) is 1.10. The van der Waals surface area contributed by atoms with Crippen molar-refractivity contribution in [2.45, 2.75) is 25.4 Å². The molecule has 1 aliphatic heterocycles. The molecule has 0 spiro atoms. The van der Waals surface area contributed by atoms with Crippen molar-refractivity contribution in [1.82, 2.24) is 10.6 Å². The number of rotatable bonds is 5. The van der Waals surface area contributed by atoms with Crippen LogP contribution in [0.15, 0.2) is 18.2 Å². The van der Waals surface area contributed by atoms with Crippen molar-refractivity contribution >= 4 is 5.91 Å². The summed E-state index contributed by atoms with van der Waals surface area (Å²) in [6.45, 7) is 1.42. The number of benzene rings is 1. The molecule has 1 atom stereocenters. The van der Waals surface area contributed by atoms with E-state index in [0.29, 0.717) is 19.0 Å². The Labute approximate surface area is 113 Å². The van der Waals surface area contributed by atoms with Crippen LogP contribution in [0.4, 0.5) is 0 Å². The molecule has 1 aliphatic rings. The zero-order chi connectivity index (χ0) is 13.7. The van der Waals surface area contributed by atoms with Gasteiger partial charge in [0, 0.05) is 31.6 Å². The average Bonchev–Trinajstić information content (AvgIpc) is 2.46. The van der Waals surface area contributed by atoms with E-state index >= 15 is 0 Å². The van der Waals surface area contributed by atoms with Crippen LogP contribution in [-0.4, -0.2) is 32.7 Å². The molecule has 1 unspecified atom stereocenters. The Morgan fingerprint density at radius 2 is 1.95 bits per heavy atom. The van der Waals surface area contributed by atoms with E-state index in [1.165, 1.54) is 0 Å². The first kappa shape index (κ1) is 13.7. The molecule has 1 aromatic rings. The minimum Gasteiger partial charge on any atom is -0.497 e. The van der Waals surface area contributed by atoms with Crippen LogP contribution in [0.3, 0.4) is 0 Å². The Balaban J connectivity index is 1.93. The van der Waals surface area contributed by atoms with Crippen molar-refractivity contribution in [3.8, 4) is 11.5 Å². The second-order valence-electron chi connectivity index (χ2n) is 4.64. The number of hydrogen-bond donors (Lipinski definition) is 2. The van der Waals surface area contributed by atoms with E-state index in [-0.39, 0.29) is 5.91 Å². The van der Waals surface area contributed by atoms with Gasteiger partial charge in [0.05, 0.1) is 14.2 Å². The second-order valence-corrected chi connectivity index (χ2v) is 4.64. The molecule has 2 rings (SSSR count). The number of carbonyl (C=O) groups excluding carboxylic acids is 1. The number of nitrogens with one attached hydrogen (secondary N) is 2. The third-order valence-electron chi connectivity index (χ3n) is 3.27. The van der Waals surface area contributed by atoms with Crippen LogP contribution >= 0.6 is 0 Å². The fourth-order valence-corrected chi connectivity index (χ4v) is 2.14. The lowest BCUT2D eigenvalue weighted by Crippen LogP contribution is -2.45. The fourth-order valence-electron chi connectivity index (χ4n) is 2.14. The smallest absolute Gasteiger partial charge is 0.220 e. The molecule has 0 bridgehead atoms. The highest BCUT2D eigenvalue weighted by Gasteiger charge is 2.17. The van der Waals surface area contributed by atoms with E-state index in [1.807, 2.05) is 18.2 Å². The van der Waals surface area contributed by atoms with Crippen molar-refractivity contribution < 1.29 is 14.3 Å². The van der Waals surface area contributed by atoms with Gasteiger partial charge in [0.1, 0.15) is 11.5 Å². The van der Waals surface area contributed by atoms with Crippen LogP contribution in [-0.2, 0) is 11.3 Å². The molecule has 1 aromatic carbocycles. The highest BCUT2D eigenvalue weighted by atomic mass is 16.5. The summed E-state index contributed by atoms with van der Waals surface area (Å²) in [5.74, 6) is 1.71. The first-order chi connectivity index (χ1) is 9.21. The van der Waals surface area contributed by atoms with Gasteiger partial charge in [-0.2, -0.15) is 0 Å². The van der Waals surface area contributed by atoms with E-state index in [0.717, 1.165) is 30.0 Å². The van der Waals surface area contributed by atoms with Crippen LogP contribution < -0.4 is 20.1 Å². The van der Waals surface area contributed by atoms with Gasteiger partial charge >= 0.3 is 0 Å². The first-order valence-electron chi connectivity index (χ1n) is 6.43. The summed E-state index contributed by atoms with van der Waals surface area (Å²) < 4.78 is 10.5. The highest BCUT2D eigenvalue weighted by molar-refractivity contribution is 5.76. The monoisotopic (exact) mass is 264 g/mol. The molecular weight excluding hydrogens is 244 g/mol. The Hall–Kier alpha value is -1.75. The molecule has 1 heterocycles. The molecule has 104 valence electrons. The summed E-state index contributed by atoms with van der Waals surface area (Å²) >= 11 is 0. The molecular formula is C14H20N2O3. The molecule has 0 aromatic heterocycles. The quantitative estimate of drug-likeness (QED) is 0.835. The maximum atomic E-state index is 11.1. The number of piperidine rings is 1. The van der Waals surface area contributed by atoms with Gasteiger partial charge in [-0.15, -0.1) is 0 Å². The van der Waals surface area contributed by atoms with Crippen LogP contribution in [0, 0.1) is 0 Å². The van der Waals surface area contributed by atoms with Gasteiger partial charge in [0.15, 0.2) is 0 Å². The predicted octanol–water partition coefficient (Wildman–Crippen LogP) is 1.07. The van der Waals surface area contributed by atoms with Crippen molar-refractivity contribution in [2.75, 3.05) is 20.8 Å². The molecule has 1 amide bonds. The summed E-state index contributed by atoms with van der Waals surface area (Å²) in [4.78, 5) is 11.1. The third kappa shape index (κ3) is 3.86. The second kappa shape index (κ2) is 6.43. The average molecular weight is 264 g/mol. The molecule has 0 radical (unpaired) electrons. The molecule has 1 saturated heterocycles. The van der Waals surface area contributed by atoms with Gasteiger partial charge in [0.25, 0.3) is 0 Å². The van der Waals surface area contributed by atoms with E-state index in [2.05, 4.69) is 10.6 Å². The third-order valence-corrected chi connectivity index (χ3v) is 3.27. The Morgan fingerprint density at radius 1 is 1.26 bits per heavy atom. The van der Waals surface area contributed by atoms with Crippen LogP contribution in [0.2, 0.25) is 0 Å². The number of carbonyl (C=O) groups is 1. The van der Waals surface area contributed by atoms with Gasteiger partial charge in [-0.3, -0.25) is 4.79 Å². The molecule has 1 fully saturated rings. The maximum Gasteiger partial charge on any atom is 0.220 e. The first-order valence-corrected chi connectivity index (χ1v) is 6.43. The van der Waals surface area contributed by atoms with Crippen LogP contribution in [0.1, 0.15) is 18.4 Å². The summed E-state index contributed by atoms with van der Waals surface area (Å²) in [5, 5.41) is 6.30. The zero-order valence-corrected chi connectivity index (χ0v) is 11.4. The highest BCUT2D eigenvalue weighted by Crippen LogP contribution is 2.22. The number of hydrogen-bond acceptors (Lipinski definition) is 4. The normalized spacial score (nSPS) is 18.8. The minimum absolute atomic E-state index is 0.140. The van der Waals surface area contributed by atoms with Gasteiger partial charge < -0.3 is 20.1 Å². The molecule has 19 heavy (non-hydrogen) atoms. The van der Waals surface area contributed by atoms with Crippen molar-refractivity contribution in [2.24, 2.45) is 0 Å². The minimum atomic E-state index is 0.140. The van der Waals surface area contributed by atoms with E-state index < -0.39 is 0 Å². The molecule has 5 nitrogen and oxygen atoms in total. The summed E-state index contributed by atoms with van der Waals surface area (Å²) in [7, 11) is 3.28. The molecule has 0 aliphatic carbocycles. The lowest BCUT2D eigenvalue weighted by molar-refractivity contribution is -0.122. The van der Waals surface area contributed by atoms with Crippen LogP contribution in [0.25, 0.3) is 0 Å². The van der Waals surface area contributed by atoms with Gasteiger partial charge in [-0.25, -0.2) is 0 Å². The standard InChI is InChI=1S/C14H20N2O3/c1-18-12-5-10(6-13(7-12)19-2)8-15-11-3-4-14(17)16-9-11/h5-7,11,15H,3-4,8-9H2,1-2H3,(H,16,17). The van der Waals surface area contributed by atoms with E-state index in [1.54, 1.807) is 14.2 Å². The Morgan fingerprint density at radius 3 is 2.47 bits per heavy atom. The number of amides is 1. The fraction of sp³-hybridized carbons (Fsp3) is 0.500. The Bertz CT molecular complexity index is 416. The van der Waals surface area contributed by atoms with E-state index in [4.69, 9.17) is 9.47 Å². The summed E-state index contributed by atoms with van der Waals surface area (Å²) in [6, 6.07) is 6.15. The van der Waals surface area contributed by atoms with Gasteiger partial charge in [0.2, 0.25) is 5.91 Å². The lowest BCUT2D eigenvalue weighted by atomic mass is 10.1. The van der Waals surface area contributed by atoms with Gasteiger partial charge in [-0.05, 0) is 24.1 Å². The predicted molar refractivity (Wildman–Crippen MR) is 72.4 cm³/mol. The summed E-state index contributed by atoms with van der Waals surface area (Å²) in [6.07, 6.45) is 1.48. The zero-order valence-electron chi connectivity index (χ0n) is 11.4. The topological polar surface area (TPSA) is 59.6 Å². The van der Waals surface area contributed by atoms with Crippen molar-refractivity contribution in [3.63, 3.8) is 0 Å².